The van der Waals surface area contributed by atoms with Crippen LogP contribution in [-0.2, 0) is 23.1 Å². The number of hydrogen-bond donors (Lipinski definition) is 1. The normalized spacial score (nSPS) is 17.5. The Hall–Kier alpha value is -2.89. The molecular formula is C23H26F2N6O2S. The lowest BCUT2D eigenvalue weighted by atomic mass is 10.1. The van der Waals surface area contributed by atoms with Crippen molar-refractivity contribution in [3.8, 4) is 0 Å². The first kappa shape index (κ1) is 22.9. The second-order valence-electron chi connectivity index (χ2n) is 8.90. The lowest BCUT2D eigenvalue weighted by Crippen LogP contribution is -2.48. The summed E-state index contributed by atoms with van der Waals surface area (Å²) in [6.45, 7) is 3.16. The summed E-state index contributed by atoms with van der Waals surface area (Å²) in [5, 5.41) is 3.75. The Bertz CT molecular complexity index is 1340. The maximum Gasteiger partial charge on any atom is 0.263 e. The number of alkyl halides is 2. The first-order chi connectivity index (χ1) is 16.2. The van der Waals surface area contributed by atoms with E-state index in [1.165, 1.54) is 33.8 Å². The van der Waals surface area contributed by atoms with Gasteiger partial charge in [0.25, 0.3) is 6.43 Å². The second kappa shape index (κ2) is 8.71. The number of piperazine rings is 1. The van der Waals surface area contributed by atoms with Gasteiger partial charge < -0.3 is 10.2 Å². The molecule has 0 amide bonds. The van der Waals surface area contributed by atoms with E-state index in [0.29, 0.717) is 48.7 Å². The Morgan fingerprint density at radius 2 is 1.76 bits per heavy atom. The number of anilines is 3. The van der Waals surface area contributed by atoms with Crippen LogP contribution in [0.25, 0.3) is 10.9 Å². The summed E-state index contributed by atoms with van der Waals surface area (Å²) < 4.78 is 52.3. The maximum atomic E-state index is 13.6. The van der Waals surface area contributed by atoms with E-state index in [1.54, 1.807) is 6.20 Å². The number of sulfonamides is 1. The SMILES string of the molecule is CN1Cc2ccc(Nc3ncc4cc(C(F)F)cc(N5CCN(S(C)(=O)=O)CC5)c4n3)cc2C1. The van der Waals surface area contributed by atoms with Crippen LogP contribution in [-0.4, -0.2) is 67.1 Å². The molecule has 0 unspecified atom stereocenters. The minimum absolute atomic E-state index is 0.111. The molecule has 0 spiro atoms. The highest BCUT2D eigenvalue weighted by atomic mass is 32.2. The van der Waals surface area contributed by atoms with Crippen LogP contribution in [0.2, 0.25) is 0 Å². The van der Waals surface area contributed by atoms with Gasteiger partial charge in [0, 0.05) is 62.1 Å². The molecule has 1 saturated heterocycles. The lowest BCUT2D eigenvalue weighted by Gasteiger charge is -2.35. The summed E-state index contributed by atoms with van der Waals surface area (Å²) >= 11 is 0. The monoisotopic (exact) mass is 488 g/mol. The van der Waals surface area contributed by atoms with E-state index in [-0.39, 0.29) is 5.56 Å². The molecule has 0 atom stereocenters. The second-order valence-corrected chi connectivity index (χ2v) is 10.9. The topological polar surface area (TPSA) is 81.7 Å². The van der Waals surface area contributed by atoms with Gasteiger partial charge in [0.15, 0.2) is 0 Å². The van der Waals surface area contributed by atoms with Crippen molar-refractivity contribution >= 4 is 38.2 Å². The molecular weight excluding hydrogens is 462 g/mol. The van der Waals surface area contributed by atoms with Crippen LogP contribution >= 0.6 is 0 Å². The lowest BCUT2D eigenvalue weighted by molar-refractivity contribution is 0.151. The van der Waals surface area contributed by atoms with Crippen molar-refractivity contribution in [3.63, 3.8) is 0 Å². The summed E-state index contributed by atoms with van der Waals surface area (Å²) in [5.41, 5.74) is 4.40. The van der Waals surface area contributed by atoms with Crippen molar-refractivity contribution in [2.24, 2.45) is 0 Å². The zero-order valence-electron chi connectivity index (χ0n) is 19.0. The highest BCUT2D eigenvalue weighted by Crippen LogP contribution is 2.33. The number of benzene rings is 2. The molecule has 3 heterocycles. The van der Waals surface area contributed by atoms with E-state index in [2.05, 4.69) is 39.4 Å². The average molecular weight is 489 g/mol. The molecule has 2 aliphatic heterocycles. The highest BCUT2D eigenvalue weighted by Gasteiger charge is 2.26. The van der Waals surface area contributed by atoms with Gasteiger partial charge in [-0.15, -0.1) is 0 Å². The number of aromatic nitrogens is 2. The maximum absolute atomic E-state index is 13.6. The van der Waals surface area contributed by atoms with E-state index < -0.39 is 16.4 Å². The fraction of sp³-hybridized carbons (Fsp3) is 0.391. The van der Waals surface area contributed by atoms with Crippen molar-refractivity contribution in [2.45, 2.75) is 19.5 Å². The molecule has 0 radical (unpaired) electrons. The van der Waals surface area contributed by atoms with Gasteiger partial charge in [-0.25, -0.2) is 27.2 Å². The third-order valence-electron chi connectivity index (χ3n) is 6.33. The fourth-order valence-electron chi connectivity index (χ4n) is 4.61. The number of halogens is 2. The molecule has 11 heteroatoms. The van der Waals surface area contributed by atoms with Crippen LogP contribution in [0.4, 0.5) is 26.1 Å². The van der Waals surface area contributed by atoms with Gasteiger partial charge in [-0.3, -0.25) is 4.90 Å². The zero-order chi connectivity index (χ0) is 24.0. The molecule has 0 bridgehead atoms. The van der Waals surface area contributed by atoms with E-state index in [4.69, 9.17) is 0 Å². The first-order valence-electron chi connectivity index (χ1n) is 11.0. The molecule has 0 saturated carbocycles. The fourth-order valence-corrected chi connectivity index (χ4v) is 5.44. The van der Waals surface area contributed by atoms with Gasteiger partial charge in [-0.1, -0.05) is 6.07 Å². The zero-order valence-corrected chi connectivity index (χ0v) is 19.8. The van der Waals surface area contributed by atoms with Crippen molar-refractivity contribution in [1.82, 2.24) is 19.2 Å². The van der Waals surface area contributed by atoms with E-state index in [0.717, 1.165) is 18.8 Å². The van der Waals surface area contributed by atoms with Gasteiger partial charge in [0.1, 0.15) is 0 Å². The molecule has 3 aromatic rings. The third-order valence-corrected chi connectivity index (χ3v) is 7.63. The van der Waals surface area contributed by atoms with Gasteiger partial charge in [-0.2, -0.15) is 4.31 Å². The molecule has 5 rings (SSSR count). The van der Waals surface area contributed by atoms with Crippen LogP contribution < -0.4 is 10.2 Å². The molecule has 2 aliphatic rings. The van der Waals surface area contributed by atoms with Crippen molar-refractivity contribution in [3.05, 3.63) is 53.2 Å². The van der Waals surface area contributed by atoms with E-state index >= 15 is 0 Å². The van der Waals surface area contributed by atoms with E-state index in [1.807, 2.05) is 11.0 Å². The van der Waals surface area contributed by atoms with Gasteiger partial charge in [0.2, 0.25) is 16.0 Å². The number of nitrogens with zero attached hydrogens (tertiary/aromatic N) is 5. The number of hydrogen-bond acceptors (Lipinski definition) is 7. The molecule has 8 nitrogen and oxygen atoms in total. The number of nitrogens with one attached hydrogen (secondary N) is 1. The average Bonchev–Trinajstić information content (AvgIpc) is 3.17. The Morgan fingerprint density at radius 1 is 1.03 bits per heavy atom. The summed E-state index contributed by atoms with van der Waals surface area (Å²) in [6.07, 6.45) is 0.0915. The largest absolute Gasteiger partial charge is 0.367 e. The van der Waals surface area contributed by atoms with Crippen LogP contribution in [0.1, 0.15) is 23.1 Å². The third kappa shape index (κ3) is 4.55. The first-order valence-corrected chi connectivity index (χ1v) is 12.9. The summed E-state index contributed by atoms with van der Waals surface area (Å²) in [4.78, 5) is 13.2. The highest BCUT2D eigenvalue weighted by molar-refractivity contribution is 7.88. The predicted molar refractivity (Wildman–Crippen MR) is 128 cm³/mol. The van der Waals surface area contributed by atoms with Gasteiger partial charge >= 0.3 is 0 Å². The molecule has 1 N–H and O–H groups in total. The minimum Gasteiger partial charge on any atom is -0.367 e. The molecule has 34 heavy (non-hydrogen) atoms. The molecule has 1 aromatic heterocycles. The quantitative estimate of drug-likeness (QED) is 0.590. The van der Waals surface area contributed by atoms with Crippen molar-refractivity contribution in [1.29, 1.82) is 0 Å². The van der Waals surface area contributed by atoms with Crippen molar-refractivity contribution in [2.75, 3.05) is 49.7 Å². The smallest absolute Gasteiger partial charge is 0.263 e. The van der Waals surface area contributed by atoms with Crippen LogP contribution in [0.3, 0.4) is 0 Å². The Labute approximate surface area is 197 Å². The van der Waals surface area contributed by atoms with Gasteiger partial charge in [0.05, 0.1) is 17.5 Å². The Morgan fingerprint density at radius 3 is 2.47 bits per heavy atom. The molecule has 1 fully saturated rings. The van der Waals surface area contributed by atoms with Crippen LogP contribution in [0, 0.1) is 0 Å². The van der Waals surface area contributed by atoms with Crippen LogP contribution in [0.15, 0.2) is 36.5 Å². The summed E-state index contributed by atoms with van der Waals surface area (Å²) in [7, 11) is -1.22. The molecule has 0 aliphatic carbocycles. The van der Waals surface area contributed by atoms with E-state index in [9.17, 15) is 17.2 Å². The standard InChI is InChI=1S/C23H26F2N6O2S/c1-29-13-15-3-4-19(10-18(15)14-29)27-23-26-12-17-9-16(22(24)25)11-20(21(17)28-23)30-5-7-31(8-6-30)34(2,32)33/h3-4,9-12,22H,5-8,13-14H2,1-2H3,(H,26,27,28). The molecule has 2 aromatic carbocycles. The summed E-state index contributed by atoms with van der Waals surface area (Å²) in [6, 6.07) is 9.01. The van der Waals surface area contributed by atoms with Gasteiger partial charge in [-0.05, 0) is 42.4 Å². The minimum atomic E-state index is -3.30. The number of fused-ring (bicyclic) bond motifs is 2. The van der Waals surface area contributed by atoms with Crippen molar-refractivity contribution < 1.29 is 17.2 Å². The van der Waals surface area contributed by atoms with Crippen LogP contribution in [0.5, 0.6) is 0 Å². The predicted octanol–water partition coefficient (Wildman–Crippen LogP) is 3.34. The Balaban J connectivity index is 1.47. The molecule has 180 valence electrons. The Kier molecular flexibility index (Phi) is 5.86. The summed E-state index contributed by atoms with van der Waals surface area (Å²) in [5.74, 6) is 0.375. The number of rotatable bonds is 5.